The summed E-state index contributed by atoms with van der Waals surface area (Å²) in [6.07, 6.45) is 2.64. The van der Waals surface area contributed by atoms with E-state index in [1.807, 2.05) is 0 Å². The largest absolute Gasteiger partial charge is 0.312 e. The lowest BCUT2D eigenvalue weighted by Crippen LogP contribution is -2.51. The summed E-state index contributed by atoms with van der Waals surface area (Å²) in [4.78, 5) is 0. The second-order valence-corrected chi connectivity index (χ2v) is 5.72. The number of hydrogen-bond donors (Lipinski definition) is 2. The second kappa shape index (κ2) is 5.65. The molecule has 0 spiro atoms. The topological polar surface area (TPSA) is 24.1 Å². The summed E-state index contributed by atoms with van der Waals surface area (Å²) in [5.74, 6) is 0. The summed E-state index contributed by atoms with van der Waals surface area (Å²) in [5, 5.41) is 7.20. The molecule has 0 bridgehead atoms. The Morgan fingerprint density at radius 2 is 2.06 bits per heavy atom. The van der Waals surface area contributed by atoms with Crippen molar-refractivity contribution < 1.29 is 0 Å². The van der Waals surface area contributed by atoms with E-state index in [4.69, 9.17) is 0 Å². The highest BCUT2D eigenvalue weighted by atomic mass is 15.0. The molecule has 2 N–H and O–H groups in total. The first-order chi connectivity index (χ1) is 8.18. The maximum Gasteiger partial charge on any atom is 0.0243 e. The van der Waals surface area contributed by atoms with Crippen LogP contribution < -0.4 is 10.6 Å². The van der Waals surface area contributed by atoms with E-state index in [0.717, 1.165) is 13.1 Å². The summed E-state index contributed by atoms with van der Waals surface area (Å²) >= 11 is 0. The Morgan fingerprint density at radius 3 is 2.76 bits per heavy atom. The molecule has 17 heavy (non-hydrogen) atoms. The molecule has 1 aromatic rings. The Labute approximate surface area is 105 Å². The number of rotatable bonds is 4. The standard InChI is InChI=1S/C15H24N2/c1-15(2)9-6-10-17-14(15)12-16-11-13-7-4-3-5-8-13/h3-5,7-8,14,16-17H,6,9-12H2,1-2H3. The van der Waals surface area contributed by atoms with E-state index in [1.165, 1.54) is 24.9 Å². The first-order valence-corrected chi connectivity index (χ1v) is 6.66. The first-order valence-electron chi connectivity index (χ1n) is 6.66. The third kappa shape index (κ3) is 3.55. The fraction of sp³-hybridized carbons (Fsp3) is 0.600. The van der Waals surface area contributed by atoms with Crippen LogP contribution in [-0.4, -0.2) is 19.1 Å². The molecule has 0 aromatic heterocycles. The Bertz CT molecular complexity index is 332. The molecule has 1 atom stereocenters. The monoisotopic (exact) mass is 232 g/mol. The average Bonchev–Trinajstić information content (AvgIpc) is 2.32. The zero-order chi connectivity index (χ0) is 12.1. The van der Waals surface area contributed by atoms with Gasteiger partial charge in [0.05, 0.1) is 0 Å². The molecule has 0 radical (unpaired) electrons. The van der Waals surface area contributed by atoms with Crippen molar-refractivity contribution in [1.29, 1.82) is 0 Å². The van der Waals surface area contributed by atoms with Crippen LogP contribution in [-0.2, 0) is 6.54 Å². The van der Waals surface area contributed by atoms with Crippen LogP contribution in [0.3, 0.4) is 0 Å². The Kier molecular flexibility index (Phi) is 4.19. The number of nitrogens with one attached hydrogen (secondary N) is 2. The maximum atomic E-state index is 3.63. The lowest BCUT2D eigenvalue weighted by molar-refractivity contribution is 0.176. The van der Waals surface area contributed by atoms with Crippen LogP contribution in [0.2, 0.25) is 0 Å². The SMILES string of the molecule is CC1(C)CCCNC1CNCc1ccccc1. The highest BCUT2D eigenvalue weighted by molar-refractivity contribution is 5.14. The van der Waals surface area contributed by atoms with Gasteiger partial charge < -0.3 is 10.6 Å². The molecule has 1 heterocycles. The van der Waals surface area contributed by atoms with Gasteiger partial charge >= 0.3 is 0 Å². The van der Waals surface area contributed by atoms with Gasteiger partial charge in [-0.25, -0.2) is 0 Å². The number of benzene rings is 1. The van der Waals surface area contributed by atoms with Crippen LogP contribution in [0.15, 0.2) is 30.3 Å². The van der Waals surface area contributed by atoms with Gasteiger partial charge in [-0.15, -0.1) is 0 Å². The Balaban J connectivity index is 1.78. The van der Waals surface area contributed by atoms with Gasteiger partial charge in [-0.2, -0.15) is 0 Å². The molecule has 0 aliphatic carbocycles. The van der Waals surface area contributed by atoms with Gasteiger partial charge in [0, 0.05) is 19.1 Å². The fourth-order valence-electron chi connectivity index (χ4n) is 2.58. The lowest BCUT2D eigenvalue weighted by Gasteiger charge is -2.39. The van der Waals surface area contributed by atoms with Gasteiger partial charge in [0.25, 0.3) is 0 Å². The molecular formula is C15H24N2. The summed E-state index contributed by atoms with van der Waals surface area (Å²) in [6, 6.07) is 11.2. The molecule has 1 aromatic carbocycles. The van der Waals surface area contributed by atoms with E-state index in [0.29, 0.717) is 11.5 Å². The van der Waals surface area contributed by atoms with Crippen molar-refractivity contribution in [3.63, 3.8) is 0 Å². The third-order valence-corrected chi connectivity index (χ3v) is 3.85. The second-order valence-electron chi connectivity index (χ2n) is 5.72. The van der Waals surface area contributed by atoms with E-state index >= 15 is 0 Å². The molecule has 1 saturated heterocycles. The first kappa shape index (κ1) is 12.6. The van der Waals surface area contributed by atoms with Crippen LogP contribution in [0.1, 0.15) is 32.3 Å². The smallest absolute Gasteiger partial charge is 0.0243 e. The van der Waals surface area contributed by atoms with Crippen molar-refractivity contribution in [2.45, 2.75) is 39.3 Å². The fourth-order valence-corrected chi connectivity index (χ4v) is 2.58. The normalized spacial score (nSPS) is 23.5. The van der Waals surface area contributed by atoms with E-state index in [2.05, 4.69) is 54.8 Å². The third-order valence-electron chi connectivity index (χ3n) is 3.85. The van der Waals surface area contributed by atoms with E-state index in [9.17, 15) is 0 Å². The number of piperidine rings is 1. The summed E-state index contributed by atoms with van der Waals surface area (Å²) in [5.41, 5.74) is 1.78. The van der Waals surface area contributed by atoms with Gasteiger partial charge in [0.15, 0.2) is 0 Å². The molecule has 1 aliphatic rings. The molecule has 0 saturated carbocycles. The van der Waals surface area contributed by atoms with Crippen molar-refractivity contribution in [2.75, 3.05) is 13.1 Å². The van der Waals surface area contributed by atoms with Gasteiger partial charge in [0.1, 0.15) is 0 Å². The minimum atomic E-state index is 0.419. The van der Waals surface area contributed by atoms with Crippen molar-refractivity contribution in [3.8, 4) is 0 Å². The molecule has 94 valence electrons. The van der Waals surface area contributed by atoms with Gasteiger partial charge in [-0.05, 0) is 30.4 Å². The van der Waals surface area contributed by atoms with Gasteiger partial charge in [-0.3, -0.25) is 0 Å². The molecule has 0 amide bonds. The highest BCUT2D eigenvalue weighted by Crippen LogP contribution is 2.29. The summed E-state index contributed by atoms with van der Waals surface area (Å²) in [6.45, 7) is 7.93. The van der Waals surface area contributed by atoms with Crippen LogP contribution >= 0.6 is 0 Å². The maximum absolute atomic E-state index is 3.63. The Hall–Kier alpha value is -0.860. The summed E-state index contributed by atoms with van der Waals surface area (Å²) < 4.78 is 0. The van der Waals surface area contributed by atoms with Crippen molar-refractivity contribution in [3.05, 3.63) is 35.9 Å². The van der Waals surface area contributed by atoms with Crippen LogP contribution in [0.4, 0.5) is 0 Å². The van der Waals surface area contributed by atoms with E-state index < -0.39 is 0 Å². The molecule has 2 rings (SSSR count). The van der Waals surface area contributed by atoms with Crippen LogP contribution in [0, 0.1) is 5.41 Å². The predicted octanol–water partition coefficient (Wildman–Crippen LogP) is 2.55. The molecule has 2 heteroatoms. The lowest BCUT2D eigenvalue weighted by atomic mass is 9.77. The average molecular weight is 232 g/mol. The van der Waals surface area contributed by atoms with Gasteiger partial charge in [-0.1, -0.05) is 44.2 Å². The summed E-state index contributed by atoms with van der Waals surface area (Å²) in [7, 11) is 0. The zero-order valence-corrected chi connectivity index (χ0v) is 11.0. The van der Waals surface area contributed by atoms with Crippen molar-refractivity contribution in [2.24, 2.45) is 5.41 Å². The minimum absolute atomic E-state index is 0.419. The van der Waals surface area contributed by atoms with Crippen LogP contribution in [0.5, 0.6) is 0 Å². The molecular weight excluding hydrogens is 208 g/mol. The molecule has 2 nitrogen and oxygen atoms in total. The van der Waals surface area contributed by atoms with E-state index in [-0.39, 0.29) is 0 Å². The number of hydrogen-bond acceptors (Lipinski definition) is 2. The van der Waals surface area contributed by atoms with Gasteiger partial charge in [0.2, 0.25) is 0 Å². The van der Waals surface area contributed by atoms with Crippen molar-refractivity contribution in [1.82, 2.24) is 10.6 Å². The molecule has 1 aliphatic heterocycles. The van der Waals surface area contributed by atoms with Crippen LogP contribution in [0.25, 0.3) is 0 Å². The molecule has 1 unspecified atom stereocenters. The zero-order valence-electron chi connectivity index (χ0n) is 11.0. The van der Waals surface area contributed by atoms with Crippen molar-refractivity contribution >= 4 is 0 Å². The minimum Gasteiger partial charge on any atom is -0.312 e. The highest BCUT2D eigenvalue weighted by Gasteiger charge is 2.31. The Morgan fingerprint density at radius 1 is 1.29 bits per heavy atom. The molecule has 1 fully saturated rings. The quantitative estimate of drug-likeness (QED) is 0.833. The predicted molar refractivity (Wildman–Crippen MR) is 73.0 cm³/mol. The van der Waals surface area contributed by atoms with E-state index in [1.54, 1.807) is 0 Å².